The first-order valence-corrected chi connectivity index (χ1v) is 39.7. The third-order valence-corrected chi connectivity index (χ3v) is 18.5. The molecule has 0 saturated carbocycles. The third kappa shape index (κ3) is 47.1. The molecule has 6 aromatic heterocycles. The van der Waals surface area contributed by atoms with Crippen LogP contribution in [0.25, 0.3) is 0 Å². The summed E-state index contributed by atoms with van der Waals surface area (Å²) in [7, 11) is 7.42. The zero-order valence-corrected chi connectivity index (χ0v) is 68.8. The van der Waals surface area contributed by atoms with Crippen LogP contribution in [-0.4, -0.2) is 133 Å². The SMILES string of the molecule is C.C.C.C.C.C.C1CCOC1.C1CCOC1.CC(=O)c1cnc(S(=O)(=O)c2ccccc2)n1C.CC(=O)c1cnc(Sc2ccccc2)n1C.CC(O)c1cnc(Sc2ccccc2)n1C.CCC.CCCc1ncc(C(C)=O)n1C.CCOCC.ClCCl.Cn1ccnc1.Cn1ccnc1Sc1ccccc1.[O]=[Mn]=[O]. The summed E-state index contributed by atoms with van der Waals surface area (Å²) in [6.45, 7) is 22.2. The predicted octanol–water partition coefficient (Wildman–Crippen LogP) is 20.5. The van der Waals surface area contributed by atoms with Crippen molar-refractivity contribution in [3.8, 4) is 0 Å². The van der Waals surface area contributed by atoms with Gasteiger partial charge in [0, 0.05) is 149 Å². The standard InChI is InChI=1S/C12H12N2O3S.C12H14N2OS.C12H12N2OS.C10H10N2S.C9H14N2O.C4H6N2.2C4H8O.C4H10O.C3H8.CH2Cl2.6CH4.Mn.2O/c1-9(15)11-8-13-12(14(11)2)18(16,17)10-6-4-3-5-7-10;2*1-9(15)11-8-13-12(14(11)2)16-10-6-4-3-5-7-10;1-12-8-7-11-10(12)13-9-5-3-2-4-6-9;1-4-5-9-10-6-8(7(2)12)11(9)3;1-6-3-2-5-4-6;2*1-2-4-5-3-1;1-3-5-4-2;1-3-2;2-1-3;;;;;;;;;/h3-8H,1-2H3;3-9,15H,1-2H3;3-8H,1-2H3;2-8H,1H3;6H,4-5H2,1-3H3;2-4H,1H3;2*1-4H2;3-4H2,1-2H3;3H2,1-2H3;1H2;6*1H4;;;. The van der Waals surface area contributed by atoms with Gasteiger partial charge in [-0.1, -0.05) is 180 Å². The fourth-order valence-corrected chi connectivity index (χ4v) is 12.3. The number of aromatic nitrogens is 12. The molecule has 1 N–H and O–H groups in total. The van der Waals surface area contributed by atoms with E-state index >= 15 is 0 Å². The number of aliphatic hydroxyl groups excluding tert-OH is 1. The number of sulfone groups is 1. The molecule has 8 heterocycles. The molecule has 2 saturated heterocycles. The van der Waals surface area contributed by atoms with Gasteiger partial charge >= 0.3 is 22.5 Å². The van der Waals surface area contributed by atoms with E-state index in [2.05, 4.69) is 62.8 Å². The van der Waals surface area contributed by atoms with E-state index in [-0.39, 0.29) is 83.0 Å². The summed E-state index contributed by atoms with van der Waals surface area (Å²) in [5.41, 5.74) is 2.43. The summed E-state index contributed by atoms with van der Waals surface area (Å²) < 4.78 is 66.9. The average molecular weight is 1700 g/mol. The van der Waals surface area contributed by atoms with E-state index in [9.17, 15) is 27.9 Å². The van der Waals surface area contributed by atoms with Gasteiger partial charge in [-0.25, -0.2) is 38.3 Å². The number of imidazole rings is 6. The van der Waals surface area contributed by atoms with E-state index < -0.39 is 30.8 Å². The summed E-state index contributed by atoms with van der Waals surface area (Å²) in [5, 5.41) is 12.3. The van der Waals surface area contributed by atoms with Crippen LogP contribution in [-0.2, 0) is 95.2 Å². The summed E-state index contributed by atoms with van der Waals surface area (Å²) in [4.78, 5) is 61.8. The first-order chi connectivity index (χ1) is 50.4. The number of carbonyl (C=O) groups is 3. The molecule has 2 aliphatic rings. The monoisotopic (exact) mass is 1700 g/mol. The Kier molecular flexibility index (Phi) is 71.6. The number of nitrogens with zero attached hydrogens (tertiary/aromatic N) is 12. The number of Topliss-reactive ketones (excluding diaryl/α,β-unsaturated/α-hetero) is 3. The van der Waals surface area contributed by atoms with Crippen molar-refractivity contribution < 1.29 is 64.6 Å². The number of carbonyl (C=O) groups excluding carboxylic acids is 3. The molecule has 0 spiro atoms. The summed E-state index contributed by atoms with van der Waals surface area (Å²) in [5.74, 6) is 0.879. The van der Waals surface area contributed by atoms with Crippen molar-refractivity contribution in [3.63, 3.8) is 0 Å². The second kappa shape index (κ2) is 69.4. The van der Waals surface area contributed by atoms with Crippen LogP contribution in [0.15, 0.2) is 217 Å². The molecule has 30 heteroatoms. The fraction of sp³-hybridized carbons (Fsp3) is 0.444. The Morgan fingerprint density at radius 3 is 1.19 bits per heavy atom. The number of benzene rings is 4. The van der Waals surface area contributed by atoms with Gasteiger partial charge in [0.25, 0.3) is 0 Å². The predicted molar refractivity (Wildman–Crippen MR) is 454 cm³/mol. The fourth-order valence-electron chi connectivity index (χ4n) is 8.39. The van der Waals surface area contributed by atoms with E-state index in [0.29, 0.717) is 11.4 Å². The summed E-state index contributed by atoms with van der Waals surface area (Å²) >= 11 is 12.9. The van der Waals surface area contributed by atoms with Gasteiger partial charge in [-0.3, -0.25) is 14.4 Å². The number of aryl methyl sites for hydroxylation is 3. The average Bonchev–Trinajstić information content (AvgIpc) is 1.71. The molecule has 2 aliphatic heterocycles. The van der Waals surface area contributed by atoms with E-state index in [1.807, 2.05) is 169 Å². The van der Waals surface area contributed by atoms with Crippen LogP contribution < -0.4 is 0 Å². The number of ketones is 3. The zero-order valence-electron chi connectivity index (χ0n) is 62.9. The molecule has 0 amide bonds. The molecule has 23 nitrogen and oxygen atoms in total. The molecule has 0 aliphatic carbocycles. The van der Waals surface area contributed by atoms with Crippen LogP contribution in [0.5, 0.6) is 0 Å². The van der Waals surface area contributed by atoms with E-state index in [0.717, 1.165) is 89.3 Å². The van der Waals surface area contributed by atoms with Crippen LogP contribution in [0, 0.1) is 0 Å². The van der Waals surface area contributed by atoms with E-state index in [4.69, 9.17) is 45.1 Å². The summed E-state index contributed by atoms with van der Waals surface area (Å²) in [6, 6.07) is 38.3. The van der Waals surface area contributed by atoms with E-state index in [1.165, 1.54) is 73.9 Å². The first-order valence-electron chi connectivity index (χ1n) is 33.8. The molecule has 111 heavy (non-hydrogen) atoms. The van der Waals surface area contributed by atoms with Gasteiger partial charge in [0.05, 0.1) is 53.1 Å². The Morgan fingerprint density at radius 2 is 0.901 bits per heavy atom. The Balaban J connectivity index is -0.000000281. The molecule has 2 fully saturated rings. The number of hydrogen-bond acceptors (Lipinski definition) is 20. The van der Waals surface area contributed by atoms with Crippen molar-refractivity contribution in [3.05, 3.63) is 206 Å². The minimum atomic E-state index is -3.68. The van der Waals surface area contributed by atoms with Crippen LogP contribution in [0.3, 0.4) is 0 Å². The normalized spacial score (nSPS) is 10.9. The molecule has 0 radical (unpaired) electrons. The molecular weight excluding hydrogens is 1570 g/mol. The van der Waals surface area contributed by atoms with Crippen molar-refractivity contribution in [2.75, 3.05) is 45.0 Å². The molecule has 623 valence electrons. The quantitative estimate of drug-likeness (QED) is 0.0534. The second-order valence-electron chi connectivity index (χ2n) is 22.1. The first kappa shape index (κ1) is 115. The molecule has 4 aromatic carbocycles. The van der Waals surface area contributed by atoms with Crippen LogP contribution in [0.4, 0.5) is 0 Å². The van der Waals surface area contributed by atoms with Crippen LogP contribution in [0.2, 0.25) is 0 Å². The Hall–Kier alpha value is -7.31. The number of halogens is 2. The maximum absolute atomic E-state index is 12.3. The zero-order chi connectivity index (χ0) is 78.4. The molecule has 10 aromatic rings. The van der Waals surface area contributed by atoms with Crippen LogP contribution in [0.1, 0.15) is 194 Å². The summed E-state index contributed by atoms with van der Waals surface area (Å²) in [6.07, 6.45) is 23.3. The third-order valence-electron chi connectivity index (χ3n) is 13.6. The Labute approximate surface area is 693 Å². The van der Waals surface area contributed by atoms with Crippen molar-refractivity contribution in [1.29, 1.82) is 0 Å². The van der Waals surface area contributed by atoms with Crippen LogP contribution >= 0.6 is 58.5 Å². The van der Waals surface area contributed by atoms with Crippen molar-refractivity contribution in [2.45, 2.75) is 198 Å². The number of ether oxygens (including phenoxy) is 3. The number of alkyl halides is 2. The van der Waals surface area contributed by atoms with Gasteiger partial charge in [-0.05, 0) is 101 Å². The molecule has 12 rings (SSSR count). The molecule has 1 atom stereocenters. The van der Waals surface area contributed by atoms with Crippen molar-refractivity contribution in [1.82, 2.24) is 57.3 Å². The van der Waals surface area contributed by atoms with Gasteiger partial charge in [0.2, 0.25) is 15.0 Å². The number of aliphatic hydroxyl groups is 1. The van der Waals surface area contributed by atoms with Gasteiger partial charge < -0.3 is 46.7 Å². The minimum absolute atomic E-state index is 0. The number of hydrogen-bond donors (Lipinski definition) is 1. The van der Waals surface area contributed by atoms with Gasteiger partial charge in [-0.15, -0.1) is 23.2 Å². The maximum atomic E-state index is 12.3. The number of rotatable bonds is 16. The molecule has 1 unspecified atom stereocenters. The van der Waals surface area contributed by atoms with Crippen molar-refractivity contribution >= 4 is 85.7 Å². The second-order valence-corrected chi connectivity index (χ2v) is 28.1. The molecule has 0 bridgehead atoms. The topological polar surface area (TPSA) is 274 Å². The Bertz CT molecular complexity index is 4030. The molecular formula is C81H128Cl2MnN12O11S4. The van der Waals surface area contributed by atoms with Gasteiger partial charge in [0.15, 0.2) is 32.8 Å². The van der Waals surface area contributed by atoms with Crippen molar-refractivity contribution in [2.24, 2.45) is 42.3 Å². The Morgan fingerprint density at radius 1 is 0.532 bits per heavy atom. The van der Waals surface area contributed by atoms with Gasteiger partial charge in [0.1, 0.15) is 22.9 Å². The van der Waals surface area contributed by atoms with Gasteiger partial charge in [-0.2, -0.15) is 0 Å². The van der Waals surface area contributed by atoms with E-state index in [1.54, 1.807) is 105 Å².